The van der Waals surface area contributed by atoms with E-state index in [1.54, 1.807) is 0 Å². The average molecular weight is 1070 g/mol. The normalized spacial score (nSPS) is 12.6. The van der Waals surface area contributed by atoms with Gasteiger partial charge in [0.15, 0.2) is 6.10 Å². The number of carbonyl (C=O) groups excluding carboxylic acids is 3. The van der Waals surface area contributed by atoms with Crippen molar-refractivity contribution in [2.45, 2.75) is 335 Å². The van der Waals surface area contributed by atoms with Crippen LogP contribution in [-0.4, -0.2) is 37.2 Å². The fourth-order valence-electron chi connectivity index (χ4n) is 9.48. The van der Waals surface area contributed by atoms with E-state index in [4.69, 9.17) is 14.2 Å². The van der Waals surface area contributed by atoms with Gasteiger partial charge < -0.3 is 14.2 Å². The Bertz CT molecular complexity index is 1470. The van der Waals surface area contributed by atoms with Crippen LogP contribution in [-0.2, 0) is 28.6 Å². The maximum atomic E-state index is 12.9. The summed E-state index contributed by atoms with van der Waals surface area (Å²) in [5.41, 5.74) is 0. The molecule has 0 N–H and O–H groups in total. The number of ether oxygens (including phenoxy) is 3. The summed E-state index contributed by atoms with van der Waals surface area (Å²) in [6.07, 6.45) is 86.2. The number of rotatable bonds is 60. The first-order valence-electron chi connectivity index (χ1n) is 33.1. The van der Waals surface area contributed by atoms with Gasteiger partial charge in [-0.3, -0.25) is 14.4 Å². The van der Waals surface area contributed by atoms with Crippen LogP contribution in [0.3, 0.4) is 0 Å². The number of esters is 3. The van der Waals surface area contributed by atoms with E-state index in [0.717, 1.165) is 109 Å². The highest BCUT2D eigenvalue weighted by molar-refractivity contribution is 5.71. The number of hydrogen-bond donors (Lipinski definition) is 0. The highest BCUT2D eigenvalue weighted by Crippen LogP contribution is 2.17. The van der Waals surface area contributed by atoms with E-state index in [-0.39, 0.29) is 31.1 Å². The van der Waals surface area contributed by atoms with Crippen molar-refractivity contribution in [1.82, 2.24) is 0 Å². The molecule has 6 nitrogen and oxygen atoms in total. The second kappa shape index (κ2) is 65.1. The third kappa shape index (κ3) is 63.3. The zero-order chi connectivity index (χ0) is 55.7. The standard InChI is InChI=1S/C71H124O6/c1-4-7-10-13-16-18-20-22-24-26-28-30-31-32-33-34-35-36-37-38-39-41-42-44-46-48-50-52-55-58-61-64-70(73)76-67-68(66-75-69(72)63-60-57-54-15-12-9-6-3)77-71(74)65-62-59-56-53-51-49-47-45-43-40-29-27-25-23-21-19-17-14-11-8-5-2/h7,10,16,18,22,24,28,30,32-33,35-36,38-39,68H,4-6,8-9,11-15,17,19-21,23,25-27,29,31,34,37,40-67H2,1-3H3/b10-7-,18-16-,24-22-,30-28-,33-32-,36-35-,39-38-. The summed E-state index contributed by atoms with van der Waals surface area (Å²) in [7, 11) is 0. The molecule has 444 valence electrons. The molecule has 0 amide bonds. The average Bonchev–Trinajstić information content (AvgIpc) is 3.43. The van der Waals surface area contributed by atoms with Gasteiger partial charge in [-0.2, -0.15) is 0 Å². The van der Waals surface area contributed by atoms with Crippen LogP contribution in [0.2, 0.25) is 0 Å². The Morgan fingerprint density at radius 2 is 0.506 bits per heavy atom. The van der Waals surface area contributed by atoms with E-state index in [9.17, 15) is 14.4 Å². The molecule has 0 aromatic heterocycles. The predicted octanol–water partition coefficient (Wildman–Crippen LogP) is 22.7. The molecule has 0 aliphatic heterocycles. The van der Waals surface area contributed by atoms with Crippen molar-refractivity contribution >= 4 is 17.9 Å². The van der Waals surface area contributed by atoms with Crippen molar-refractivity contribution in [1.29, 1.82) is 0 Å². The van der Waals surface area contributed by atoms with Crippen molar-refractivity contribution in [3.63, 3.8) is 0 Å². The van der Waals surface area contributed by atoms with Gasteiger partial charge in [-0.05, 0) is 77.0 Å². The lowest BCUT2D eigenvalue weighted by Gasteiger charge is -2.18. The van der Waals surface area contributed by atoms with Crippen molar-refractivity contribution in [3.8, 4) is 0 Å². The molecule has 0 saturated heterocycles. The summed E-state index contributed by atoms with van der Waals surface area (Å²) in [5.74, 6) is -0.872. The van der Waals surface area contributed by atoms with Gasteiger partial charge in [0.2, 0.25) is 0 Å². The fourth-order valence-corrected chi connectivity index (χ4v) is 9.48. The van der Waals surface area contributed by atoms with Gasteiger partial charge in [-0.15, -0.1) is 0 Å². The van der Waals surface area contributed by atoms with Gasteiger partial charge in [0, 0.05) is 19.3 Å². The maximum absolute atomic E-state index is 12.9. The molecule has 0 spiro atoms. The molecule has 0 radical (unpaired) electrons. The van der Waals surface area contributed by atoms with Gasteiger partial charge in [0.1, 0.15) is 13.2 Å². The topological polar surface area (TPSA) is 78.9 Å². The zero-order valence-corrected chi connectivity index (χ0v) is 51.0. The Morgan fingerprint density at radius 3 is 0.792 bits per heavy atom. The lowest BCUT2D eigenvalue weighted by atomic mass is 10.0. The quantitative estimate of drug-likeness (QED) is 0.0261. The monoisotopic (exact) mass is 1070 g/mol. The van der Waals surface area contributed by atoms with E-state index < -0.39 is 6.10 Å². The minimum atomic E-state index is -0.774. The Labute approximate surface area is 477 Å². The van der Waals surface area contributed by atoms with Crippen molar-refractivity contribution in [2.24, 2.45) is 0 Å². The SMILES string of the molecule is CC/C=C\C/C=C\C/C=C\C/C=C\C/C=C\C/C=C\C/C=C\CCCCCCCCCCCC(=O)OCC(COC(=O)CCCCCCCCC)OC(=O)CCCCCCCCCCCCCCCCCCCCCCC. The van der Waals surface area contributed by atoms with Crippen molar-refractivity contribution in [2.75, 3.05) is 13.2 Å². The molecule has 0 heterocycles. The highest BCUT2D eigenvalue weighted by Gasteiger charge is 2.19. The number of allylic oxidation sites excluding steroid dienone is 14. The summed E-state index contributed by atoms with van der Waals surface area (Å²) < 4.78 is 16.9. The van der Waals surface area contributed by atoms with Crippen LogP contribution in [0.15, 0.2) is 85.1 Å². The first kappa shape index (κ1) is 73.6. The second-order valence-electron chi connectivity index (χ2n) is 22.0. The van der Waals surface area contributed by atoms with E-state index in [1.165, 1.54) is 180 Å². The number of carbonyl (C=O) groups is 3. The third-order valence-corrected chi connectivity index (χ3v) is 14.4. The third-order valence-electron chi connectivity index (χ3n) is 14.4. The molecule has 1 atom stereocenters. The summed E-state index contributed by atoms with van der Waals surface area (Å²) in [6, 6.07) is 0. The van der Waals surface area contributed by atoms with Crippen molar-refractivity contribution < 1.29 is 28.6 Å². The Hall–Kier alpha value is -3.41. The van der Waals surface area contributed by atoms with Crippen LogP contribution in [0, 0.1) is 0 Å². The minimum Gasteiger partial charge on any atom is -0.462 e. The lowest BCUT2D eigenvalue weighted by molar-refractivity contribution is -0.167. The predicted molar refractivity (Wildman–Crippen MR) is 334 cm³/mol. The molecule has 0 fully saturated rings. The number of hydrogen-bond acceptors (Lipinski definition) is 6. The molecule has 0 bridgehead atoms. The van der Waals surface area contributed by atoms with Gasteiger partial charge in [0.25, 0.3) is 0 Å². The lowest BCUT2D eigenvalue weighted by Crippen LogP contribution is -2.30. The molecular formula is C71H124O6. The molecule has 0 rings (SSSR count). The van der Waals surface area contributed by atoms with Gasteiger partial charge in [-0.25, -0.2) is 0 Å². The Morgan fingerprint density at radius 1 is 0.273 bits per heavy atom. The molecule has 0 saturated carbocycles. The summed E-state index contributed by atoms with van der Waals surface area (Å²) >= 11 is 0. The van der Waals surface area contributed by atoms with Gasteiger partial charge in [-0.1, -0.05) is 318 Å². The second-order valence-corrected chi connectivity index (χ2v) is 22.0. The van der Waals surface area contributed by atoms with E-state index in [2.05, 4.69) is 106 Å². The van der Waals surface area contributed by atoms with E-state index in [0.29, 0.717) is 19.3 Å². The molecule has 6 heteroatoms. The van der Waals surface area contributed by atoms with Crippen LogP contribution in [0.1, 0.15) is 329 Å². The van der Waals surface area contributed by atoms with Crippen LogP contribution in [0.4, 0.5) is 0 Å². The molecule has 0 aliphatic rings. The van der Waals surface area contributed by atoms with Crippen LogP contribution in [0.5, 0.6) is 0 Å². The molecular weight excluding hydrogens is 949 g/mol. The van der Waals surface area contributed by atoms with Crippen LogP contribution >= 0.6 is 0 Å². The largest absolute Gasteiger partial charge is 0.462 e. The van der Waals surface area contributed by atoms with Gasteiger partial charge in [0.05, 0.1) is 0 Å². The molecule has 0 aromatic carbocycles. The molecule has 0 aromatic rings. The molecule has 77 heavy (non-hydrogen) atoms. The smallest absolute Gasteiger partial charge is 0.306 e. The van der Waals surface area contributed by atoms with Crippen LogP contribution in [0.25, 0.3) is 0 Å². The summed E-state index contributed by atoms with van der Waals surface area (Å²) in [6.45, 7) is 6.52. The number of unbranched alkanes of at least 4 members (excludes halogenated alkanes) is 35. The van der Waals surface area contributed by atoms with E-state index in [1.807, 2.05) is 0 Å². The summed E-state index contributed by atoms with van der Waals surface area (Å²) in [5, 5.41) is 0. The van der Waals surface area contributed by atoms with Crippen LogP contribution < -0.4 is 0 Å². The van der Waals surface area contributed by atoms with Gasteiger partial charge >= 0.3 is 17.9 Å². The Kier molecular flexibility index (Phi) is 62.2. The molecule has 0 aliphatic carbocycles. The summed E-state index contributed by atoms with van der Waals surface area (Å²) in [4.78, 5) is 38.1. The fraction of sp³-hybridized carbons (Fsp3) is 0.761. The maximum Gasteiger partial charge on any atom is 0.306 e. The first-order chi connectivity index (χ1) is 38.0. The van der Waals surface area contributed by atoms with E-state index >= 15 is 0 Å². The molecule has 1 unspecified atom stereocenters. The van der Waals surface area contributed by atoms with Crippen molar-refractivity contribution in [3.05, 3.63) is 85.1 Å². The first-order valence-corrected chi connectivity index (χ1v) is 33.1. The zero-order valence-electron chi connectivity index (χ0n) is 51.0. The highest BCUT2D eigenvalue weighted by atomic mass is 16.6. The minimum absolute atomic E-state index is 0.0740. The Balaban J connectivity index is 4.11.